The van der Waals surface area contributed by atoms with E-state index in [-0.39, 0.29) is 11.7 Å². The average Bonchev–Trinajstić information content (AvgIpc) is 2.11. The monoisotopic (exact) mass is 341 g/mol. The topological polar surface area (TPSA) is 12.0 Å². The summed E-state index contributed by atoms with van der Waals surface area (Å²) in [6.07, 6.45) is -1.26. The summed E-state index contributed by atoms with van der Waals surface area (Å²) in [4.78, 5) is 0. The molecule has 0 aromatic heterocycles. The van der Waals surface area contributed by atoms with Gasteiger partial charge in [0.2, 0.25) is 0 Å². The van der Waals surface area contributed by atoms with E-state index >= 15 is 0 Å². The van der Waals surface area contributed by atoms with E-state index < -0.39 is 11.7 Å². The molecule has 1 aromatic rings. The van der Waals surface area contributed by atoms with Crippen LogP contribution in [-0.4, -0.2) is 6.04 Å². The van der Waals surface area contributed by atoms with Crippen molar-refractivity contribution in [2.24, 2.45) is 0 Å². The second kappa shape index (κ2) is 4.43. The van der Waals surface area contributed by atoms with Crippen LogP contribution in [0.3, 0.4) is 0 Å². The zero-order chi connectivity index (χ0) is 11.8. The van der Waals surface area contributed by atoms with Gasteiger partial charge in [-0.25, -0.2) is 0 Å². The van der Waals surface area contributed by atoms with Gasteiger partial charge < -0.3 is 5.32 Å². The van der Waals surface area contributed by atoms with Gasteiger partial charge in [0, 0.05) is 15.3 Å². The maximum absolute atomic E-state index is 12.8. The molecular weight excluding hydrogens is 330 g/mol. The fourth-order valence-electron chi connectivity index (χ4n) is 1.65. The van der Waals surface area contributed by atoms with Crippen LogP contribution in [0.4, 0.5) is 18.9 Å². The first kappa shape index (κ1) is 12.0. The van der Waals surface area contributed by atoms with Crippen molar-refractivity contribution in [3.8, 4) is 0 Å². The number of anilines is 1. The second-order valence-corrected chi connectivity index (χ2v) is 5.21. The molecule has 0 heterocycles. The van der Waals surface area contributed by atoms with E-state index in [0.29, 0.717) is 3.57 Å². The number of alkyl halides is 3. The van der Waals surface area contributed by atoms with E-state index in [9.17, 15) is 13.2 Å². The van der Waals surface area contributed by atoms with Gasteiger partial charge in [-0.15, -0.1) is 0 Å². The molecule has 0 spiro atoms. The van der Waals surface area contributed by atoms with Gasteiger partial charge in [-0.3, -0.25) is 0 Å². The minimum atomic E-state index is -4.28. The maximum Gasteiger partial charge on any atom is 0.418 e. The summed E-state index contributed by atoms with van der Waals surface area (Å²) < 4.78 is 38.9. The quantitative estimate of drug-likeness (QED) is 0.792. The van der Waals surface area contributed by atoms with Crippen molar-refractivity contribution in [1.82, 2.24) is 0 Å². The summed E-state index contributed by atoms with van der Waals surface area (Å²) in [6, 6.07) is 4.60. The molecule has 1 aromatic carbocycles. The number of benzene rings is 1. The minimum Gasteiger partial charge on any atom is -0.382 e. The van der Waals surface area contributed by atoms with Gasteiger partial charge in [0.05, 0.1) is 5.56 Å². The van der Waals surface area contributed by atoms with Gasteiger partial charge in [-0.2, -0.15) is 13.2 Å². The molecule has 0 aliphatic heterocycles. The van der Waals surface area contributed by atoms with Crippen LogP contribution in [0.15, 0.2) is 18.2 Å². The molecule has 0 amide bonds. The molecule has 16 heavy (non-hydrogen) atoms. The van der Waals surface area contributed by atoms with Gasteiger partial charge in [0.15, 0.2) is 0 Å². The van der Waals surface area contributed by atoms with E-state index in [1.54, 1.807) is 6.07 Å². The Morgan fingerprint density at radius 2 is 1.94 bits per heavy atom. The van der Waals surface area contributed by atoms with E-state index in [4.69, 9.17) is 0 Å². The minimum absolute atomic E-state index is 0.206. The molecule has 88 valence electrons. The highest BCUT2D eigenvalue weighted by molar-refractivity contribution is 14.1. The Hall–Kier alpha value is -0.460. The van der Waals surface area contributed by atoms with Crippen molar-refractivity contribution in [2.75, 3.05) is 5.32 Å². The molecule has 0 atom stereocenters. The Bertz CT molecular complexity index is 385. The Labute approximate surface area is 106 Å². The molecular formula is C11H11F3IN. The predicted molar refractivity (Wildman–Crippen MR) is 65.4 cm³/mol. The third-order valence-corrected chi connectivity index (χ3v) is 3.42. The van der Waals surface area contributed by atoms with Crippen LogP contribution in [0.25, 0.3) is 0 Å². The normalized spacial score (nSPS) is 17.0. The molecule has 0 radical (unpaired) electrons. The molecule has 0 bridgehead atoms. The van der Waals surface area contributed by atoms with Gasteiger partial charge in [-0.1, -0.05) is 0 Å². The van der Waals surface area contributed by atoms with Crippen molar-refractivity contribution >= 4 is 28.3 Å². The Morgan fingerprint density at radius 1 is 1.25 bits per heavy atom. The van der Waals surface area contributed by atoms with E-state index in [0.717, 1.165) is 19.3 Å². The van der Waals surface area contributed by atoms with Crippen LogP contribution in [0.2, 0.25) is 0 Å². The highest BCUT2D eigenvalue weighted by Crippen LogP contribution is 2.37. The molecule has 2 rings (SSSR count). The maximum atomic E-state index is 12.8. The zero-order valence-electron chi connectivity index (χ0n) is 8.44. The lowest BCUT2D eigenvalue weighted by Crippen LogP contribution is -2.28. The van der Waals surface area contributed by atoms with Crippen molar-refractivity contribution in [3.05, 3.63) is 27.3 Å². The molecule has 1 nitrogen and oxygen atoms in total. The SMILES string of the molecule is FC(F)(F)c1cc(I)ccc1NC1CCC1. The molecule has 1 N–H and O–H groups in total. The summed E-state index contributed by atoms with van der Waals surface area (Å²) in [7, 11) is 0. The van der Waals surface area contributed by atoms with Crippen LogP contribution >= 0.6 is 22.6 Å². The van der Waals surface area contributed by atoms with E-state index in [2.05, 4.69) is 5.32 Å². The van der Waals surface area contributed by atoms with Gasteiger partial charge >= 0.3 is 6.18 Å². The Kier molecular flexibility index (Phi) is 3.32. The lowest BCUT2D eigenvalue weighted by Gasteiger charge is -2.29. The first-order valence-corrected chi connectivity index (χ1v) is 6.18. The van der Waals surface area contributed by atoms with Crippen molar-refractivity contribution in [3.63, 3.8) is 0 Å². The van der Waals surface area contributed by atoms with Gasteiger partial charge in [0.25, 0.3) is 0 Å². The first-order valence-electron chi connectivity index (χ1n) is 5.10. The third kappa shape index (κ3) is 2.61. The van der Waals surface area contributed by atoms with Crippen molar-refractivity contribution in [2.45, 2.75) is 31.5 Å². The highest BCUT2D eigenvalue weighted by Gasteiger charge is 2.34. The zero-order valence-corrected chi connectivity index (χ0v) is 10.6. The standard InChI is InChI=1S/C11H11F3IN/c12-11(13,14)9-6-7(15)4-5-10(9)16-8-2-1-3-8/h4-6,8,16H,1-3H2. The molecule has 1 aliphatic carbocycles. The van der Waals surface area contributed by atoms with E-state index in [1.807, 2.05) is 22.6 Å². The van der Waals surface area contributed by atoms with Crippen molar-refractivity contribution in [1.29, 1.82) is 0 Å². The molecule has 1 aliphatic rings. The molecule has 1 saturated carbocycles. The third-order valence-electron chi connectivity index (χ3n) is 2.75. The number of nitrogens with one attached hydrogen (secondary N) is 1. The summed E-state index contributed by atoms with van der Waals surface area (Å²) in [6.45, 7) is 0. The molecule has 1 fully saturated rings. The van der Waals surface area contributed by atoms with Crippen LogP contribution < -0.4 is 5.32 Å². The number of hydrogen-bond acceptors (Lipinski definition) is 1. The number of halogens is 4. The second-order valence-electron chi connectivity index (χ2n) is 3.96. The van der Waals surface area contributed by atoms with Crippen LogP contribution in [0, 0.1) is 3.57 Å². The van der Waals surface area contributed by atoms with Crippen LogP contribution in [0.5, 0.6) is 0 Å². The van der Waals surface area contributed by atoms with Crippen LogP contribution in [-0.2, 0) is 6.18 Å². The number of hydrogen-bond donors (Lipinski definition) is 1. The fourth-order valence-corrected chi connectivity index (χ4v) is 2.14. The average molecular weight is 341 g/mol. The molecule has 5 heteroatoms. The summed E-state index contributed by atoms with van der Waals surface area (Å²) >= 11 is 1.89. The summed E-state index contributed by atoms with van der Waals surface area (Å²) in [5.41, 5.74) is -0.357. The van der Waals surface area contributed by atoms with Crippen molar-refractivity contribution < 1.29 is 13.2 Å². The molecule has 0 unspecified atom stereocenters. The largest absolute Gasteiger partial charge is 0.418 e. The summed E-state index contributed by atoms with van der Waals surface area (Å²) in [5, 5.41) is 2.96. The van der Waals surface area contributed by atoms with Crippen LogP contribution in [0.1, 0.15) is 24.8 Å². The Balaban J connectivity index is 2.28. The predicted octanol–water partition coefficient (Wildman–Crippen LogP) is 4.27. The van der Waals surface area contributed by atoms with E-state index in [1.165, 1.54) is 12.1 Å². The fraction of sp³-hybridized carbons (Fsp3) is 0.455. The summed E-state index contributed by atoms with van der Waals surface area (Å²) in [5.74, 6) is 0. The highest BCUT2D eigenvalue weighted by atomic mass is 127. The lowest BCUT2D eigenvalue weighted by molar-refractivity contribution is -0.137. The number of rotatable bonds is 2. The Morgan fingerprint density at radius 3 is 2.44 bits per heavy atom. The smallest absolute Gasteiger partial charge is 0.382 e. The molecule has 0 saturated heterocycles. The lowest BCUT2D eigenvalue weighted by atomic mass is 9.92. The first-order chi connectivity index (χ1) is 7.47. The van der Waals surface area contributed by atoms with Gasteiger partial charge in [-0.05, 0) is 60.1 Å². The van der Waals surface area contributed by atoms with Gasteiger partial charge in [0.1, 0.15) is 0 Å².